The van der Waals surface area contributed by atoms with Crippen molar-refractivity contribution in [3.63, 3.8) is 0 Å². The molecule has 0 spiro atoms. The summed E-state index contributed by atoms with van der Waals surface area (Å²) in [7, 11) is 5.00. The Bertz CT molecular complexity index is 891. The van der Waals surface area contributed by atoms with Gasteiger partial charge in [0.15, 0.2) is 11.5 Å². The lowest BCUT2D eigenvalue weighted by molar-refractivity contribution is 0.0784. The van der Waals surface area contributed by atoms with Gasteiger partial charge in [-0.05, 0) is 30.2 Å². The fourth-order valence-electron chi connectivity index (χ4n) is 3.78. The minimum absolute atomic E-state index is 0.0713. The van der Waals surface area contributed by atoms with Crippen LogP contribution in [0.5, 0.6) is 11.5 Å². The molecule has 2 aromatic rings. The van der Waals surface area contributed by atoms with E-state index in [0.29, 0.717) is 30.0 Å². The molecule has 1 fully saturated rings. The largest absolute Gasteiger partial charge is 0.493 e. The fourth-order valence-corrected chi connectivity index (χ4v) is 3.78. The Hall–Kier alpha value is -2.99. The van der Waals surface area contributed by atoms with Gasteiger partial charge in [-0.15, -0.1) is 6.58 Å². The smallest absolute Gasteiger partial charge is 0.254 e. The number of benzene rings is 2. The van der Waals surface area contributed by atoms with E-state index in [-0.39, 0.29) is 5.91 Å². The molecule has 0 atom stereocenters. The van der Waals surface area contributed by atoms with Gasteiger partial charge in [-0.25, -0.2) is 0 Å². The van der Waals surface area contributed by atoms with Crippen molar-refractivity contribution in [1.82, 2.24) is 4.90 Å². The second kappa shape index (κ2) is 10.2. The predicted molar refractivity (Wildman–Crippen MR) is 119 cm³/mol. The third kappa shape index (κ3) is 4.76. The van der Waals surface area contributed by atoms with Crippen LogP contribution in [0.25, 0.3) is 0 Å². The summed E-state index contributed by atoms with van der Waals surface area (Å²) in [5, 5.41) is 0. The SMILES string of the molecule is C=CCc1cc(C(=O)N(C)Cc2ccccc2N2CCOCC2)cc(OC)c1OC. The molecule has 0 saturated carbocycles. The van der Waals surface area contributed by atoms with Gasteiger partial charge in [0.1, 0.15) is 0 Å². The van der Waals surface area contributed by atoms with E-state index in [1.165, 1.54) is 0 Å². The van der Waals surface area contributed by atoms with Gasteiger partial charge in [0.2, 0.25) is 0 Å². The molecule has 0 aliphatic carbocycles. The van der Waals surface area contributed by atoms with E-state index in [2.05, 4.69) is 23.6 Å². The summed E-state index contributed by atoms with van der Waals surface area (Å²) in [6.07, 6.45) is 2.37. The van der Waals surface area contributed by atoms with Gasteiger partial charge in [-0.1, -0.05) is 24.3 Å². The average molecular weight is 411 g/mol. The first-order chi connectivity index (χ1) is 14.6. The molecule has 0 unspecified atom stereocenters. The average Bonchev–Trinajstić information content (AvgIpc) is 2.79. The lowest BCUT2D eigenvalue weighted by Crippen LogP contribution is -2.37. The van der Waals surface area contributed by atoms with Crippen molar-refractivity contribution in [2.45, 2.75) is 13.0 Å². The van der Waals surface area contributed by atoms with Crippen molar-refractivity contribution in [3.8, 4) is 11.5 Å². The number of hydrogen-bond acceptors (Lipinski definition) is 5. The molecule has 1 heterocycles. The van der Waals surface area contributed by atoms with Crippen molar-refractivity contribution in [1.29, 1.82) is 0 Å². The summed E-state index contributed by atoms with van der Waals surface area (Å²) < 4.78 is 16.4. The minimum atomic E-state index is -0.0713. The molecular formula is C24H30N2O4. The number of allylic oxidation sites excluding steroid dienone is 1. The van der Waals surface area contributed by atoms with Crippen molar-refractivity contribution < 1.29 is 19.0 Å². The lowest BCUT2D eigenvalue weighted by atomic mass is 10.0. The van der Waals surface area contributed by atoms with Crippen LogP contribution in [0.3, 0.4) is 0 Å². The summed E-state index contributed by atoms with van der Waals surface area (Å²) in [5.74, 6) is 1.11. The second-order valence-electron chi connectivity index (χ2n) is 7.25. The van der Waals surface area contributed by atoms with E-state index >= 15 is 0 Å². The molecule has 6 nitrogen and oxygen atoms in total. The number of morpholine rings is 1. The molecular weight excluding hydrogens is 380 g/mol. The molecule has 30 heavy (non-hydrogen) atoms. The molecule has 0 bridgehead atoms. The normalized spacial score (nSPS) is 13.6. The maximum Gasteiger partial charge on any atom is 0.254 e. The van der Waals surface area contributed by atoms with Gasteiger partial charge in [0.05, 0.1) is 27.4 Å². The molecule has 6 heteroatoms. The van der Waals surface area contributed by atoms with Gasteiger partial charge < -0.3 is 24.0 Å². The molecule has 0 N–H and O–H groups in total. The zero-order valence-corrected chi connectivity index (χ0v) is 18.0. The number of methoxy groups -OCH3 is 2. The zero-order valence-electron chi connectivity index (χ0n) is 18.0. The molecule has 0 aromatic heterocycles. The number of carbonyl (C=O) groups excluding carboxylic acids is 1. The quantitative estimate of drug-likeness (QED) is 0.623. The van der Waals surface area contributed by atoms with Gasteiger partial charge in [0, 0.05) is 43.5 Å². The Morgan fingerprint density at radius 3 is 2.57 bits per heavy atom. The Labute approximate surface area is 178 Å². The summed E-state index contributed by atoms with van der Waals surface area (Å²) in [5.41, 5.74) is 3.70. The first-order valence-electron chi connectivity index (χ1n) is 10.1. The number of para-hydroxylation sites is 1. The molecule has 1 amide bonds. The second-order valence-corrected chi connectivity index (χ2v) is 7.25. The molecule has 1 saturated heterocycles. The minimum Gasteiger partial charge on any atom is -0.493 e. The van der Waals surface area contributed by atoms with E-state index in [9.17, 15) is 4.79 Å². The molecule has 3 rings (SSSR count). The molecule has 1 aliphatic rings. The first kappa shape index (κ1) is 21.7. The van der Waals surface area contributed by atoms with Crippen molar-refractivity contribution in [2.24, 2.45) is 0 Å². The maximum absolute atomic E-state index is 13.2. The van der Waals surface area contributed by atoms with Crippen molar-refractivity contribution in [3.05, 3.63) is 65.7 Å². The van der Waals surface area contributed by atoms with Crippen LogP contribution in [-0.2, 0) is 17.7 Å². The van der Waals surface area contributed by atoms with Crippen molar-refractivity contribution >= 4 is 11.6 Å². The highest BCUT2D eigenvalue weighted by Gasteiger charge is 2.20. The van der Waals surface area contributed by atoms with E-state index in [1.54, 1.807) is 31.3 Å². The van der Waals surface area contributed by atoms with Crippen LogP contribution >= 0.6 is 0 Å². The molecule has 160 valence electrons. The third-order valence-electron chi connectivity index (χ3n) is 5.26. The Balaban J connectivity index is 1.85. The lowest BCUT2D eigenvalue weighted by Gasteiger charge is -2.31. The standard InChI is InChI=1S/C24H30N2O4/c1-5-8-18-15-20(16-22(28-3)23(18)29-4)24(27)25(2)17-19-9-6-7-10-21(19)26-11-13-30-14-12-26/h5-7,9-10,15-16H,1,8,11-14,17H2,2-4H3. The van der Waals surface area contributed by atoms with Crippen LogP contribution in [-0.4, -0.2) is 58.4 Å². The fraction of sp³-hybridized carbons (Fsp3) is 0.375. The Morgan fingerprint density at radius 1 is 1.17 bits per heavy atom. The summed E-state index contributed by atoms with van der Waals surface area (Å²) in [6.45, 7) is 7.47. The third-order valence-corrected chi connectivity index (χ3v) is 5.26. The zero-order chi connectivity index (χ0) is 21.5. The van der Waals surface area contributed by atoms with Crippen LogP contribution in [0, 0.1) is 0 Å². The monoisotopic (exact) mass is 410 g/mol. The summed E-state index contributed by atoms with van der Waals surface area (Å²) in [6, 6.07) is 11.8. The Morgan fingerprint density at radius 2 is 1.90 bits per heavy atom. The number of ether oxygens (including phenoxy) is 3. The number of anilines is 1. The van der Waals surface area contributed by atoms with Crippen LogP contribution in [0.1, 0.15) is 21.5 Å². The number of nitrogens with zero attached hydrogens (tertiary/aromatic N) is 2. The molecule has 0 radical (unpaired) electrons. The predicted octanol–water partition coefficient (Wildman–Crippen LogP) is 3.54. The van der Waals surface area contributed by atoms with Crippen LogP contribution in [0.15, 0.2) is 49.1 Å². The topological polar surface area (TPSA) is 51.2 Å². The van der Waals surface area contributed by atoms with E-state index in [0.717, 1.165) is 43.1 Å². The highest BCUT2D eigenvalue weighted by molar-refractivity contribution is 5.95. The number of carbonyl (C=O) groups is 1. The van der Waals surface area contributed by atoms with E-state index in [4.69, 9.17) is 14.2 Å². The highest BCUT2D eigenvalue weighted by atomic mass is 16.5. The van der Waals surface area contributed by atoms with Crippen molar-refractivity contribution in [2.75, 3.05) is 52.5 Å². The van der Waals surface area contributed by atoms with E-state index < -0.39 is 0 Å². The van der Waals surface area contributed by atoms with E-state index in [1.807, 2.05) is 25.2 Å². The van der Waals surface area contributed by atoms with Gasteiger partial charge in [-0.2, -0.15) is 0 Å². The van der Waals surface area contributed by atoms with Gasteiger partial charge in [0.25, 0.3) is 5.91 Å². The highest BCUT2D eigenvalue weighted by Crippen LogP contribution is 2.34. The van der Waals surface area contributed by atoms with Gasteiger partial charge in [-0.3, -0.25) is 4.79 Å². The number of hydrogen-bond donors (Lipinski definition) is 0. The number of amides is 1. The van der Waals surface area contributed by atoms with Gasteiger partial charge >= 0.3 is 0 Å². The van der Waals surface area contributed by atoms with Crippen LogP contribution in [0.4, 0.5) is 5.69 Å². The summed E-state index contributed by atoms with van der Waals surface area (Å²) in [4.78, 5) is 17.3. The Kier molecular flexibility index (Phi) is 7.36. The first-order valence-corrected chi connectivity index (χ1v) is 10.1. The maximum atomic E-state index is 13.2. The number of rotatable bonds is 8. The summed E-state index contributed by atoms with van der Waals surface area (Å²) >= 11 is 0. The van der Waals surface area contributed by atoms with Crippen LogP contribution < -0.4 is 14.4 Å². The molecule has 2 aromatic carbocycles. The van der Waals surface area contributed by atoms with Crippen LogP contribution in [0.2, 0.25) is 0 Å². The molecule has 1 aliphatic heterocycles.